The van der Waals surface area contributed by atoms with E-state index in [9.17, 15) is 4.79 Å². The Labute approximate surface area is 166 Å². The fourth-order valence-corrected chi connectivity index (χ4v) is 3.71. The molecule has 0 saturated heterocycles. The SMILES string of the molecule is COC(=O)c1ncc(Br)cc1SC.CSc1cc(Br)cnc1CO. The van der Waals surface area contributed by atoms with E-state index in [2.05, 4.69) is 46.6 Å². The number of hydrogen-bond acceptors (Lipinski definition) is 7. The molecule has 5 nitrogen and oxygen atoms in total. The maximum Gasteiger partial charge on any atom is 0.357 e. The maximum atomic E-state index is 11.2. The summed E-state index contributed by atoms with van der Waals surface area (Å²) in [6.45, 7) is 0.00343. The first kappa shape index (κ1) is 21.4. The number of aliphatic hydroxyl groups is 1. The van der Waals surface area contributed by atoms with Crippen molar-refractivity contribution in [3.8, 4) is 0 Å². The van der Waals surface area contributed by atoms with Crippen LogP contribution in [0.4, 0.5) is 0 Å². The highest BCUT2D eigenvalue weighted by Crippen LogP contribution is 2.23. The smallest absolute Gasteiger partial charge is 0.357 e. The summed E-state index contributed by atoms with van der Waals surface area (Å²) in [6.07, 6.45) is 7.11. The minimum atomic E-state index is -0.406. The number of pyridine rings is 2. The van der Waals surface area contributed by atoms with Crippen molar-refractivity contribution >= 4 is 61.4 Å². The van der Waals surface area contributed by atoms with Gasteiger partial charge in [0.1, 0.15) is 0 Å². The van der Waals surface area contributed by atoms with Crippen molar-refractivity contribution in [2.24, 2.45) is 0 Å². The summed E-state index contributed by atoms with van der Waals surface area (Å²) < 4.78 is 6.38. The van der Waals surface area contributed by atoms with Crippen LogP contribution in [0.15, 0.2) is 43.3 Å². The second kappa shape index (κ2) is 11.1. The van der Waals surface area contributed by atoms with Crippen molar-refractivity contribution < 1.29 is 14.6 Å². The summed E-state index contributed by atoms with van der Waals surface area (Å²) in [5, 5.41) is 8.85. The Hall–Kier alpha value is -0.610. The van der Waals surface area contributed by atoms with Gasteiger partial charge in [0.2, 0.25) is 0 Å². The van der Waals surface area contributed by atoms with Gasteiger partial charge in [-0.3, -0.25) is 4.98 Å². The van der Waals surface area contributed by atoms with Crippen molar-refractivity contribution in [3.05, 3.63) is 44.9 Å². The van der Waals surface area contributed by atoms with Crippen LogP contribution < -0.4 is 0 Å². The summed E-state index contributed by atoms with van der Waals surface area (Å²) in [7, 11) is 1.34. The van der Waals surface area contributed by atoms with E-state index in [1.54, 1.807) is 24.2 Å². The topological polar surface area (TPSA) is 72.3 Å². The quantitative estimate of drug-likeness (QED) is 0.497. The molecule has 1 N–H and O–H groups in total. The van der Waals surface area contributed by atoms with Crippen molar-refractivity contribution in [1.82, 2.24) is 9.97 Å². The second-order valence-corrected chi connectivity index (χ2v) is 7.68. The molecular weight excluding hydrogens is 480 g/mol. The molecule has 0 bridgehead atoms. The molecule has 2 rings (SSSR count). The van der Waals surface area contributed by atoms with Gasteiger partial charge < -0.3 is 9.84 Å². The number of nitrogens with zero attached hydrogens (tertiary/aromatic N) is 2. The van der Waals surface area contributed by atoms with E-state index in [0.717, 1.165) is 24.4 Å². The molecule has 2 aromatic rings. The zero-order chi connectivity index (χ0) is 18.1. The fourth-order valence-electron chi connectivity index (χ4n) is 1.57. The third kappa shape index (κ3) is 6.36. The van der Waals surface area contributed by atoms with E-state index >= 15 is 0 Å². The molecule has 0 aliphatic carbocycles. The zero-order valence-electron chi connectivity index (χ0n) is 13.2. The fraction of sp³-hybridized carbons (Fsp3) is 0.267. The van der Waals surface area contributed by atoms with Gasteiger partial charge in [-0.15, -0.1) is 23.5 Å². The lowest BCUT2D eigenvalue weighted by molar-refractivity contribution is 0.0589. The number of ether oxygens (including phenoxy) is 1. The second-order valence-electron chi connectivity index (χ2n) is 4.16. The average Bonchev–Trinajstić information content (AvgIpc) is 2.61. The average molecular weight is 496 g/mol. The monoisotopic (exact) mass is 494 g/mol. The Bertz CT molecular complexity index is 702. The van der Waals surface area contributed by atoms with Gasteiger partial charge in [-0.05, 0) is 56.5 Å². The molecule has 2 heterocycles. The molecule has 0 fully saturated rings. The van der Waals surface area contributed by atoms with Gasteiger partial charge in [-0.25, -0.2) is 9.78 Å². The summed E-state index contributed by atoms with van der Waals surface area (Å²) >= 11 is 9.63. The van der Waals surface area contributed by atoms with Crippen LogP contribution in [0.25, 0.3) is 0 Å². The number of halogens is 2. The van der Waals surface area contributed by atoms with E-state index in [-0.39, 0.29) is 6.61 Å². The number of rotatable bonds is 4. The molecule has 24 heavy (non-hydrogen) atoms. The predicted molar refractivity (Wildman–Crippen MR) is 105 cm³/mol. The molecular formula is C15H16Br2N2O3S2. The Morgan fingerprint density at radius 1 is 1.12 bits per heavy atom. The number of methoxy groups -OCH3 is 1. The maximum absolute atomic E-state index is 11.2. The van der Waals surface area contributed by atoms with Crippen LogP contribution in [0.5, 0.6) is 0 Å². The summed E-state index contributed by atoms with van der Waals surface area (Å²) in [6, 6.07) is 3.78. The van der Waals surface area contributed by atoms with E-state index in [0.29, 0.717) is 5.69 Å². The first-order valence-electron chi connectivity index (χ1n) is 6.53. The van der Waals surface area contributed by atoms with Gasteiger partial charge in [0.25, 0.3) is 0 Å². The normalized spacial score (nSPS) is 9.92. The van der Waals surface area contributed by atoms with Gasteiger partial charge in [0.15, 0.2) is 5.69 Å². The van der Waals surface area contributed by atoms with Crippen LogP contribution in [-0.4, -0.2) is 40.7 Å². The van der Waals surface area contributed by atoms with Crippen LogP contribution in [0.3, 0.4) is 0 Å². The lowest BCUT2D eigenvalue weighted by atomic mass is 10.3. The Balaban J connectivity index is 0.000000243. The number of esters is 1. The lowest BCUT2D eigenvalue weighted by Gasteiger charge is -2.03. The molecule has 0 unspecified atom stereocenters. The predicted octanol–water partition coefficient (Wildman–Crippen LogP) is 4.41. The highest BCUT2D eigenvalue weighted by Gasteiger charge is 2.12. The van der Waals surface area contributed by atoms with Gasteiger partial charge in [0, 0.05) is 31.1 Å². The van der Waals surface area contributed by atoms with Crippen molar-refractivity contribution in [2.45, 2.75) is 16.4 Å². The van der Waals surface area contributed by atoms with Gasteiger partial charge in [-0.2, -0.15) is 0 Å². The first-order chi connectivity index (χ1) is 11.5. The Morgan fingerprint density at radius 2 is 1.67 bits per heavy atom. The minimum Gasteiger partial charge on any atom is -0.464 e. The van der Waals surface area contributed by atoms with Crippen LogP contribution in [0.1, 0.15) is 16.2 Å². The third-order valence-corrected chi connectivity index (χ3v) is 5.10. The standard InChI is InChI=1S/C8H8BrNO2S.C7H8BrNOS/c1-12-8(11)7-6(13-2)3-5(9)4-10-7;1-11-7-2-5(8)3-9-6(7)4-10/h3-4H,1-2H3;2-3,10H,4H2,1H3. The molecule has 2 aromatic heterocycles. The summed E-state index contributed by atoms with van der Waals surface area (Å²) in [4.78, 5) is 21.0. The lowest BCUT2D eigenvalue weighted by Crippen LogP contribution is -2.05. The Morgan fingerprint density at radius 3 is 2.17 bits per heavy atom. The number of aliphatic hydroxyl groups excluding tert-OH is 1. The number of thioether (sulfide) groups is 2. The first-order valence-corrected chi connectivity index (χ1v) is 10.6. The number of carbonyl (C=O) groups is 1. The molecule has 0 saturated carbocycles. The highest BCUT2D eigenvalue weighted by molar-refractivity contribution is 9.10. The van der Waals surface area contributed by atoms with Gasteiger partial charge in [0.05, 0.1) is 19.4 Å². The van der Waals surface area contributed by atoms with Crippen LogP contribution >= 0.6 is 55.4 Å². The largest absolute Gasteiger partial charge is 0.464 e. The summed E-state index contributed by atoms with van der Waals surface area (Å²) in [5.74, 6) is -0.406. The highest BCUT2D eigenvalue weighted by atomic mass is 79.9. The zero-order valence-corrected chi connectivity index (χ0v) is 18.1. The van der Waals surface area contributed by atoms with E-state index < -0.39 is 5.97 Å². The molecule has 0 radical (unpaired) electrons. The third-order valence-electron chi connectivity index (χ3n) is 2.68. The van der Waals surface area contributed by atoms with E-state index in [1.165, 1.54) is 18.9 Å². The van der Waals surface area contributed by atoms with Crippen molar-refractivity contribution in [2.75, 3.05) is 19.6 Å². The molecule has 0 atom stereocenters. The van der Waals surface area contributed by atoms with Crippen LogP contribution in [0, 0.1) is 0 Å². The molecule has 0 amide bonds. The van der Waals surface area contributed by atoms with E-state index in [1.807, 2.05) is 24.6 Å². The van der Waals surface area contributed by atoms with Crippen LogP contribution in [0.2, 0.25) is 0 Å². The van der Waals surface area contributed by atoms with Gasteiger partial charge in [-0.1, -0.05) is 0 Å². The number of aromatic nitrogens is 2. The van der Waals surface area contributed by atoms with Crippen molar-refractivity contribution in [3.63, 3.8) is 0 Å². The molecule has 130 valence electrons. The van der Waals surface area contributed by atoms with E-state index in [4.69, 9.17) is 5.11 Å². The van der Waals surface area contributed by atoms with Gasteiger partial charge >= 0.3 is 5.97 Å². The number of hydrogen-bond donors (Lipinski definition) is 1. The van der Waals surface area contributed by atoms with Crippen LogP contribution in [-0.2, 0) is 11.3 Å². The summed E-state index contributed by atoms with van der Waals surface area (Å²) in [5.41, 5.74) is 1.10. The molecule has 9 heteroatoms. The van der Waals surface area contributed by atoms with Crippen molar-refractivity contribution in [1.29, 1.82) is 0 Å². The molecule has 0 spiro atoms. The molecule has 0 aliphatic rings. The molecule has 0 aromatic carbocycles. The molecule has 0 aliphatic heterocycles. The Kier molecular flexibility index (Phi) is 9.91. The number of carbonyl (C=O) groups excluding carboxylic acids is 1. The minimum absolute atomic E-state index is 0.00343.